The number of hydrogen-bond donors (Lipinski definition) is 2. The molecule has 1 aromatic carbocycles. The van der Waals surface area contributed by atoms with Crippen LogP contribution in [0.4, 0.5) is 10.1 Å². The smallest absolute Gasteiger partial charge is 0.252 e. The first-order chi connectivity index (χ1) is 8.97. The van der Waals surface area contributed by atoms with E-state index in [2.05, 4.69) is 21.2 Å². The highest BCUT2D eigenvalue weighted by molar-refractivity contribution is 9.10. The minimum absolute atomic E-state index is 0.0414. The fraction of sp³-hybridized carbons (Fsp3) is 0.154. The largest absolute Gasteiger partial charge is 0.396 e. The van der Waals surface area contributed by atoms with E-state index >= 15 is 0 Å². The lowest BCUT2D eigenvalue weighted by atomic mass is 10.2. The molecular weight excluding hydrogens is 331 g/mol. The van der Waals surface area contributed by atoms with Gasteiger partial charge in [-0.1, -0.05) is 0 Å². The summed E-state index contributed by atoms with van der Waals surface area (Å²) in [5.74, 6) is -0.832. The van der Waals surface area contributed by atoms with Crippen molar-refractivity contribution < 1.29 is 9.18 Å². The van der Waals surface area contributed by atoms with E-state index in [1.165, 1.54) is 17.0 Å². The second-order valence-electron chi connectivity index (χ2n) is 4.05. The maximum absolute atomic E-state index is 13.2. The molecule has 0 spiro atoms. The van der Waals surface area contributed by atoms with Crippen LogP contribution in [0, 0.1) is 12.7 Å². The molecule has 100 valence electrons. The third kappa shape index (κ3) is 3.33. The van der Waals surface area contributed by atoms with Gasteiger partial charge in [-0.15, -0.1) is 11.3 Å². The topological polar surface area (TPSA) is 55.1 Å². The maximum Gasteiger partial charge on any atom is 0.252 e. The summed E-state index contributed by atoms with van der Waals surface area (Å²) in [4.78, 5) is 14.3. The molecule has 1 heterocycles. The summed E-state index contributed by atoms with van der Waals surface area (Å²) in [6.07, 6.45) is 0. The Bertz CT molecular complexity index is 627. The number of carbonyl (C=O) groups is 1. The van der Waals surface area contributed by atoms with Crippen LogP contribution >= 0.6 is 27.3 Å². The van der Waals surface area contributed by atoms with E-state index in [1.54, 1.807) is 11.3 Å². The average Bonchev–Trinajstić information content (AvgIpc) is 2.77. The maximum atomic E-state index is 13.2. The van der Waals surface area contributed by atoms with Crippen LogP contribution < -0.4 is 11.1 Å². The van der Waals surface area contributed by atoms with Crippen molar-refractivity contribution >= 4 is 38.9 Å². The lowest BCUT2D eigenvalue weighted by Gasteiger charge is -2.07. The van der Waals surface area contributed by atoms with Gasteiger partial charge in [0.2, 0.25) is 0 Å². The third-order valence-electron chi connectivity index (χ3n) is 2.55. The van der Waals surface area contributed by atoms with Crippen LogP contribution in [-0.2, 0) is 6.54 Å². The van der Waals surface area contributed by atoms with Crippen LogP contribution in [0.5, 0.6) is 0 Å². The van der Waals surface area contributed by atoms with E-state index in [4.69, 9.17) is 5.73 Å². The van der Waals surface area contributed by atoms with Crippen molar-refractivity contribution in [1.82, 2.24) is 5.32 Å². The molecule has 0 bridgehead atoms. The van der Waals surface area contributed by atoms with Gasteiger partial charge in [-0.05, 0) is 47.1 Å². The summed E-state index contributed by atoms with van der Waals surface area (Å²) in [5, 5.41) is 2.78. The number of nitrogen functional groups attached to an aromatic ring is 1. The Kier molecular flexibility index (Phi) is 4.21. The van der Waals surface area contributed by atoms with E-state index in [9.17, 15) is 9.18 Å². The summed E-state index contributed by atoms with van der Waals surface area (Å²) in [7, 11) is 0. The molecule has 3 nitrogen and oxygen atoms in total. The minimum atomic E-state index is -0.544. The molecule has 1 amide bonds. The molecule has 6 heteroatoms. The van der Waals surface area contributed by atoms with E-state index in [-0.39, 0.29) is 11.6 Å². The van der Waals surface area contributed by atoms with E-state index < -0.39 is 5.82 Å². The SMILES string of the molecule is Cc1ccc(CNC(=O)c2cc(N)c(F)cc2Br)s1. The van der Waals surface area contributed by atoms with Crippen molar-refractivity contribution in [2.24, 2.45) is 0 Å². The summed E-state index contributed by atoms with van der Waals surface area (Å²) in [6, 6.07) is 6.49. The number of rotatable bonds is 3. The number of aryl methyl sites for hydroxylation is 1. The van der Waals surface area contributed by atoms with E-state index in [0.717, 1.165) is 4.88 Å². The standard InChI is InChI=1S/C13H12BrFN2OS/c1-7-2-3-8(19-7)6-17-13(18)9-4-12(16)11(15)5-10(9)14/h2-5H,6,16H2,1H3,(H,17,18). The van der Waals surface area contributed by atoms with Crippen molar-refractivity contribution in [3.8, 4) is 0 Å². The molecule has 3 N–H and O–H groups in total. The number of anilines is 1. The lowest BCUT2D eigenvalue weighted by molar-refractivity contribution is 0.0950. The third-order valence-corrected chi connectivity index (χ3v) is 4.21. The molecule has 0 saturated carbocycles. The Labute approximate surface area is 122 Å². The van der Waals surface area contributed by atoms with E-state index in [1.807, 2.05) is 19.1 Å². The number of benzene rings is 1. The van der Waals surface area contributed by atoms with Crippen molar-refractivity contribution in [1.29, 1.82) is 0 Å². The normalized spacial score (nSPS) is 10.5. The van der Waals surface area contributed by atoms with Gasteiger partial charge >= 0.3 is 0 Å². The van der Waals surface area contributed by atoms with Crippen molar-refractivity contribution in [3.05, 3.63) is 49.9 Å². The van der Waals surface area contributed by atoms with Crippen LogP contribution in [-0.4, -0.2) is 5.91 Å². The van der Waals surface area contributed by atoms with Crippen LogP contribution in [0.2, 0.25) is 0 Å². The average molecular weight is 343 g/mol. The van der Waals surface area contributed by atoms with Crippen LogP contribution in [0.25, 0.3) is 0 Å². The molecule has 0 unspecified atom stereocenters. The molecule has 0 aliphatic heterocycles. The predicted molar refractivity (Wildman–Crippen MR) is 78.7 cm³/mol. The molecule has 0 radical (unpaired) electrons. The Morgan fingerprint density at radius 1 is 1.47 bits per heavy atom. The number of halogens is 2. The Balaban J connectivity index is 2.10. The van der Waals surface area contributed by atoms with Gasteiger partial charge in [0.25, 0.3) is 5.91 Å². The molecule has 0 aliphatic carbocycles. The van der Waals surface area contributed by atoms with Crippen molar-refractivity contribution in [2.75, 3.05) is 5.73 Å². The van der Waals surface area contributed by atoms with Gasteiger partial charge in [-0.3, -0.25) is 4.79 Å². The monoisotopic (exact) mass is 342 g/mol. The second-order valence-corrected chi connectivity index (χ2v) is 6.28. The fourth-order valence-electron chi connectivity index (χ4n) is 1.58. The summed E-state index contributed by atoms with van der Waals surface area (Å²) < 4.78 is 13.6. The second kappa shape index (κ2) is 5.71. The zero-order valence-electron chi connectivity index (χ0n) is 10.2. The van der Waals surface area contributed by atoms with Gasteiger partial charge in [0.05, 0.1) is 17.8 Å². The highest BCUT2D eigenvalue weighted by Crippen LogP contribution is 2.23. The van der Waals surface area contributed by atoms with Crippen LogP contribution in [0.15, 0.2) is 28.7 Å². The van der Waals surface area contributed by atoms with Crippen molar-refractivity contribution in [3.63, 3.8) is 0 Å². The number of nitrogens with one attached hydrogen (secondary N) is 1. The van der Waals surface area contributed by atoms with Crippen LogP contribution in [0.3, 0.4) is 0 Å². The lowest BCUT2D eigenvalue weighted by Crippen LogP contribution is -2.23. The van der Waals surface area contributed by atoms with Gasteiger partial charge in [-0.2, -0.15) is 0 Å². The predicted octanol–water partition coefficient (Wildman–Crippen LogP) is 3.47. The van der Waals surface area contributed by atoms with Gasteiger partial charge < -0.3 is 11.1 Å². The fourth-order valence-corrected chi connectivity index (χ4v) is 2.91. The van der Waals surface area contributed by atoms with Crippen molar-refractivity contribution in [2.45, 2.75) is 13.5 Å². The molecule has 19 heavy (non-hydrogen) atoms. The zero-order chi connectivity index (χ0) is 14.0. The first-order valence-electron chi connectivity index (χ1n) is 5.55. The molecule has 2 aromatic rings. The summed E-state index contributed by atoms with van der Waals surface area (Å²) in [6.45, 7) is 2.45. The van der Waals surface area contributed by atoms with Gasteiger partial charge in [0, 0.05) is 14.2 Å². The number of hydrogen-bond acceptors (Lipinski definition) is 3. The first kappa shape index (κ1) is 14.0. The molecular formula is C13H12BrFN2OS. The zero-order valence-corrected chi connectivity index (χ0v) is 12.6. The molecule has 1 aromatic heterocycles. The molecule has 0 aliphatic rings. The first-order valence-corrected chi connectivity index (χ1v) is 7.16. The quantitative estimate of drug-likeness (QED) is 0.839. The molecule has 0 atom stereocenters. The van der Waals surface area contributed by atoms with Gasteiger partial charge in [0.15, 0.2) is 0 Å². The Hall–Kier alpha value is -1.40. The highest BCUT2D eigenvalue weighted by Gasteiger charge is 2.13. The molecule has 0 saturated heterocycles. The molecule has 0 fully saturated rings. The molecule has 2 rings (SSSR count). The number of thiophene rings is 1. The number of carbonyl (C=O) groups excluding carboxylic acids is 1. The van der Waals surface area contributed by atoms with E-state index in [0.29, 0.717) is 16.6 Å². The summed E-state index contributed by atoms with van der Waals surface area (Å²) >= 11 is 4.78. The minimum Gasteiger partial charge on any atom is -0.396 e. The summed E-state index contributed by atoms with van der Waals surface area (Å²) in [5.41, 5.74) is 5.75. The van der Waals surface area contributed by atoms with Gasteiger partial charge in [0.1, 0.15) is 5.82 Å². The van der Waals surface area contributed by atoms with Gasteiger partial charge in [-0.25, -0.2) is 4.39 Å². The number of amides is 1. The Morgan fingerprint density at radius 3 is 2.84 bits per heavy atom. The highest BCUT2D eigenvalue weighted by atomic mass is 79.9. The number of nitrogens with two attached hydrogens (primary N) is 1. The van der Waals surface area contributed by atoms with Crippen LogP contribution in [0.1, 0.15) is 20.1 Å². The Morgan fingerprint density at radius 2 is 2.21 bits per heavy atom.